The van der Waals surface area contributed by atoms with E-state index in [2.05, 4.69) is 104 Å². The van der Waals surface area contributed by atoms with Crippen LogP contribution in [0.5, 0.6) is 0 Å². The first-order chi connectivity index (χ1) is 22.4. The number of rotatable bonds is 10. The zero-order chi connectivity index (χ0) is 35.1. The van der Waals surface area contributed by atoms with Crippen LogP contribution in [0, 0.1) is 56.7 Å². The minimum Gasteiger partial charge on any atom is -0.495 e. The maximum Gasteiger partial charge on any atom is 0.157 e. The first kappa shape index (κ1) is 35.9. The summed E-state index contributed by atoms with van der Waals surface area (Å²) >= 11 is 0. The molecular weight excluding hydrogens is 589 g/mol. The molecule has 0 saturated heterocycles. The molecule has 0 spiro atoms. The van der Waals surface area contributed by atoms with Gasteiger partial charge in [-0.05, 0) is 153 Å². The Hall–Kier alpha value is -1.91. The van der Waals surface area contributed by atoms with E-state index in [4.69, 9.17) is 9.84 Å². The molecule has 0 aromatic carbocycles. The molecule has 5 saturated carbocycles. The second-order valence-electron chi connectivity index (χ2n) is 20.0. The van der Waals surface area contributed by atoms with Gasteiger partial charge in [-0.1, -0.05) is 79.7 Å². The molecule has 1 heterocycles. The Bertz CT molecular complexity index is 1420. The molecule has 0 N–H and O–H groups in total. The van der Waals surface area contributed by atoms with E-state index in [1.807, 2.05) is 0 Å². The van der Waals surface area contributed by atoms with Crippen LogP contribution in [0.2, 0.25) is 0 Å². The molecule has 48 heavy (non-hydrogen) atoms. The van der Waals surface area contributed by atoms with Crippen LogP contribution in [0.4, 0.5) is 0 Å². The Labute approximate surface area is 294 Å². The van der Waals surface area contributed by atoms with Gasteiger partial charge in [-0.25, -0.2) is 4.68 Å². The molecule has 5 fully saturated rings. The van der Waals surface area contributed by atoms with Gasteiger partial charge < -0.3 is 4.74 Å². The van der Waals surface area contributed by atoms with Crippen LogP contribution < -0.4 is 0 Å². The maximum absolute atomic E-state index is 6.89. The highest BCUT2D eigenvalue weighted by atomic mass is 16.5. The SMILES string of the molecule is C=C(C)CC(C)(C)CC(=C)OC1CCC2(C)C(CCC3(C)C2CCC2C4C(C(=C)C)CCC4(c4nnnn4CCC)CC[C@]23C)C1(C)C. The predicted molar refractivity (Wildman–Crippen MR) is 198 cm³/mol. The van der Waals surface area contributed by atoms with Gasteiger partial charge in [-0.3, -0.25) is 0 Å². The van der Waals surface area contributed by atoms with Crippen molar-refractivity contribution in [3.8, 4) is 0 Å². The standard InChI is InChI=1S/C43H70N4O/c1-14-25-47-37(44-45-46-47)43-22-17-31(29(4)5)36(43)32-15-16-34-40(11)20-19-35(48-30(6)27-38(7,8)26-28(2)3)39(9,10)33(40)18-21-42(34,13)41(32,12)23-24-43/h31-36H,2,4,6,14-27H2,1,3,5,7-13H3/t31?,32?,33?,34?,35?,36?,40?,41-,42?,43?/m1/s1. The number of hydrogen-bond donors (Lipinski definition) is 0. The van der Waals surface area contributed by atoms with E-state index in [-0.39, 0.29) is 22.3 Å². The lowest BCUT2D eigenvalue weighted by molar-refractivity contribution is -0.244. The lowest BCUT2D eigenvalue weighted by Gasteiger charge is -2.73. The fourth-order valence-electron chi connectivity index (χ4n) is 14.3. The zero-order valence-corrected chi connectivity index (χ0v) is 32.7. The fraction of sp³-hybridized carbons (Fsp3) is 0.837. The van der Waals surface area contributed by atoms with Crippen molar-refractivity contribution in [3.63, 3.8) is 0 Å². The van der Waals surface area contributed by atoms with Crippen LogP contribution in [-0.2, 0) is 16.7 Å². The molecular formula is C43H70N4O. The number of hydrogen-bond acceptors (Lipinski definition) is 4. The summed E-state index contributed by atoms with van der Waals surface area (Å²) in [6.45, 7) is 38.8. The highest BCUT2D eigenvalue weighted by Crippen LogP contribution is 2.77. The van der Waals surface area contributed by atoms with Crippen LogP contribution in [0.3, 0.4) is 0 Å². The van der Waals surface area contributed by atoms with E-state index < -0.39 is 0 Å². The maximum atomic E-state index is 6.89. The normalized spacial score (nSPS) is 41.8. The van der Waals surface area contributed by atoms with E-state index in [1.54, 1.807) is 0 Å². The van der Waals surface area contributed by atoms with E-state index in [9.17, 15) is 0 Å². The van der Waals surface area contributed by atoms with E-state index >= 15 is 0 Å². The van der Waals surface area contributed by atoms with Crippen LogP contribution in [0.1, 0.15) is 159 Å². The highest BCUT2D eigenvalue weighted by molar-refractivity contribution is 5.27. The number of tetrazole rings is 1. The minimum absolute atomic E-state index is 0.0789. The molecule has 10 atom stereocenters. The summed E-state index contributed by atoms with van der Waals surface area (Å²) in [7, 11) is 0. The van der Waals surface area contributed by atoms with Gasteiger partial charge in [0.05, 0.1) is 5.76 Å². The summed E-state index contributed by atoms with van der Waals surface area (Å²) in [6, 6.07) is 0. The van der Waals surface area contributed by atoms with Crippen molar-refractivity contribution in [3.05, 3.63) is 42.5 Å². The van der Waals surface area contributed by atoms with Gasteiger partial charge in [0.25, 0.3) is 0 Å². The van der Waals surface area contributed by atoms with Crippen molar-refractivity contribution in [1.29, 1.82) is 0 Å². The first-order valence-electron chi connectivity index (χ1n) is 19.8. The highest BCUT2D eigenvalue weighted by Gasteiger charge is 2.71. The minimum atomic E-state index is 0.0789. The number of ether oxygens (including phenoxy) is 1. The summed E-state index contributed by atoms with van der Waals surface area (Å²) in [4.78, 5) is 0. The Morgan fingerprint density at radius 1 is 0.854 bits per heavy atom. The number of fused-ring (bicyclic) bond motifs is 7. The smallest absolute Gasteiger partial charge is 0.157 e. The first-order valence-corrected chi connectivity index (χ1v) is 19.8. The van der Waals surface area contributed by atoms with Gasteiger partial charge in [0, 0.05) is 23.8 Å². The van der Waals surface area contributed by atoms with Gasteiger partial charge in [0.15, 0.2) is 5.82 Å². The van der Waals surface area contributed by atoms with Crippen molar-refractivity contribution in [2.24, 2.45) is 56.7 Å². The number of aryl methyl sites for hydroxylation is 1. The van der Waals surface area contributed by atoms with Crippen LogP contribution >= 0.6 is 0 Å². The van der Waals surface area contributed by atoms with Crippen molar-refractivity contribution >= 4 is 0 Å². The predicted octanol–water partition coefficient (Wildman–Crippen LogP) is 11.3. The van der Waals surface area contributed by atoms with Crippen LogP contribution in [0.25, 0.3) is 0 Å². The monoisotopic (exact) mass is 659 g/mol. The van der Waals surface area contributed by atoms with Crippen molar-refractivity contribution in [2.75, 3.05) is 0 Å². The quantitative estimate of drug-likeness (QED) is 0.185. The van der Waals surface area contributed by atoms with Crippen molar-refractivity contribution in [2.45, 2.75) is 171 Å². The third-order valence-electron chi connectivity index (χ3n) is 16.2. The lowest BCUT2D eigenvalue weighted by atomic mass is 9.32. The lowest BCUT2D eigenvalue weighted by Crippen LogP contribution is -2.67. The second kappa shape index (κ2) is 12.1. The molecule has 5 nitrogen and oxygen atoms in total. The zero-order valence-electron chi connectivity index (χ0n) is 32.7. The van der Waals surface area contributed by atoms with Crippen LogP contribution in [0.15, 0.2) is 36.6 Å². The van der Waals surface area contributed by atoms with Gasteiger partial charge in [0.2, 0.25) is 0 Å². The largest absolute Gasteiger partial charge is 0.495 e. The van der Waals surface area contributed by atoms with E-state index in [1.165, 1.54) is 74.8 Å². The molecule has 1 aromatic heterocycles. The number of allylic oxidation sites excluding steroid dienone is 3. The molecule has 0 amide bonds. The number of nitrogens with zero attached hydrogens (tertiary/aromatic N) is 4. The molecule has 0 bridgehead atoms. The third kappa shape index (κ3) is 5.32. The molecule has 1 aromatic rings. The average molecular weight is 659 g/mol. The molecule has 268 valence electrons. The van der Waals surface area contributed by atoms with Gasteiger partial charge in [0.1, 0.15) is 6.10 Å². The fourth-order valence-corrected chi connectivity index (χ4v) is 14.3. The second-order valence-corrected chi connectivity index (χ2v) is 20.0. The van der Waals surface area contributed by atoms with Crippen molar-refractivity contribution < 1.29 is 4.74 Å². The molecule has 6 rings (SSSR count). The van der Waals surface area contributed by atoms with E-state index in [0.29, 0.717) is 39.9 Å². The Morgan fingerprint density at radius 3 is 2.25 bits per heavy atom. The van der Waals surface area contributed by atoms with Crippen LogP contribution in [-0.4, -0.2) is 26.3 Å². The average Bonchev–Trinajstić information content (AvgIpc) is 3.60. The third-order valence-corrected chi connectivity index (χ3v) is 16.2. The van der Waals surface area contributed by atoms with Gasteiger partial charge in [-0.15, -0.1) is 11.7 Å². The molecule has 0 radical (unpaired) electrons. The van der Waals surface area contributed by atoms with Gasteiger partial charge in [-0.2, -0.15) is 0 Å². The molecule has 5 aliphatic carbocycles. The summed E-state index contributed by atoms with van der Waals surface area (Å²) < 4.78 is 9.06. The topological polar surface area (TPSA) is 52.8 Å². The number of aromatic nitrogens is 4. The Morgan fingerprint density at radius 2 is 1.58 bits per heavy atom. The van der Waals surface area contributed by atoms with E-state index in [0.717, 1.165) is 43.9 Å². The van der Waals surface area contributed by atoms with Gasteiger partial charge >= 0.3 is 0 Å². The summed E-state index contributed by atoms with van der Waals surface area (Å²) in [5, 5.41) is 13.7. The summed E-state index contributed by atoms with van der Waals surface area (Å²) in [5.74, 6) is 5.39. The Kier molecular flexibility index (Phi) is 9.05. The molecule has 0 aliphatic heterocycles. The molecule has 5 aliphatic rings. The summed E-state index contributed by atoms with van der Waals surface area (Å²) in [5.41, 5.74) is 3.89. The summed E-state index contributed by atoms with van der Waals surface area (Å²) in [6.07, 6.45) is 15.9. The van der Waals surface area contributed by atoms with Crippen molar-refractivity contribution in [1.82, 2.24) is 20.2 Å². The Balaban J connectivity index is 1.28. The molecule has 5 heteroatoms. The molecule has 9 unspecified atom stereocenters.